The molecule has 0 radical (unpaired) electrons. The number of nitrogens with two attached hydrogens (primary N) is 1. The summed E-state index contributed by atoms with van der Waals surface area (Å²) >= 11 is 0. The van der Waals surface area contributed by atoms with Gasteiger partial charge in [0.2, 0.25) is 0 Å². The molecule has 1 amide bonds. The zero-order valence-electron chi connectivity index (χ0n) is 11.3. The average Bonchev–Trinajstić information content (AvgIpc) is 2.43. The maximum atomic E-state index is 12.4. The second kappa shape index (κ2) is 5.37. The highest BCUT2D eigenvalue weighted by Crippen LogP contribution is 2.30. The van der Waals surface area contributed by atoms with Gasteiger partial charge in [-0.2, -0.15) is 0 Å². The molecule has 0 aliphatic heterocycles. The molecule has 1 saturated carbocycles. The van der Waals surface area contributed by atoms with Crippen LogP contribution in [0.5, 0.6) is 0 Å². The number of amides is 1. The summed E-state index contributed by atoms with van der Waals surface area (Å²) in [6.07, 6.45) is 3.36. The van der Waals surface area contributed by atoms with Gasteiger partial charge >= 0.3 is 0 Å². The van der Waals surface area contributed by atoms with Gasteiger partial charge in [-0.3, -0.25) is 4.79 Å². The molecule has 0 unspecified atom stereocenters. The van der Waals surface area contributed by atoms with E-state index in [0.717, 1.165) is 24.0 Å². The van der Waals surface area contributed by atoms with Crippen molar-refractivity contribution >= 4 is 11.6 Å². The van der Waals surface area contributed by atoms with E-state index >= 15 is 0 Å². The molecule has 3 heteroatoms. The van der Waals surface area contributed by atoms with Gasteiger partial charge in [-0.1, -0.05) is 36.4 Å². The first kappa shape index (κ1) is 12.7. The molecule has 0 atom stereocenters. The van der Waals surface area contributed by atoms with Crippen molar-refractivity contribution in [1.82, 2.24) is 5.32 Å². The fourth-order valence-electron chi connectivity index (χ4n) is 2.50. The number of benzene rings is 2. The van der Waals surface area contributed by atoms with E-state index in [0.29, 0.717) is 17.3 Å². The predicted octanol–water partition coefficient (Wildman–Crippen LogP) is 3.22. The lowest BCUT2D eigenvalue weighted by Gasteiger charge is -2.27. The highest BCUT2D eigenvalue weighted by molar-refractivity contribution is 6.03. The standard InChI is InChI=1S/C17H18N2O/c18-15-11-5-10-14(17(20)19-13-8-4-9-13)16(15)12-6-2-1-3-7-12/h1-3,5-7,10-11,13H,4,8-9,18H2,(H,19,20). The summed E-state index contributed by atoms with van der Waals surface area (Å²) in [4.78, 5) is 12.4. The third-order valence-electron chi connectivity index (χ3n) is 3.84. The maximum Gasteiger partial charge on any atom is 0.252 e. The van der Waals surface area contributed by atoms with E-state index in [1.54, 1.807) is 0 Å². The van der Waals surface area contributed by atoms with Crippen LogP contribution >= 0.6 is 0 Å². The molecule has 0 saturated heterocycles. The third kappa shape index (κ3) is 2.39. The quantitative estimate of drug-likeness (QED) is 0.838. The average molecular weight is 266 g/mol. The zero-order valence-corrected chi connectivity index (χ0v) is 11.3. The van der Waals surface area contributed by atoms with Crippen molar-refractivity contribution in [2.45, 2.75) is 25.3 Å². The Kier molecular flexibility index (Phi) is 3.42. The molecule has 2 aromatic rings. The van der Waals surface area contributed by atoms with E-state index < -0.39 is 0 Å². The third-order valence-corrected chi connectivity index (χ3v) is 3.84. The van der Waals surface area contributed by atoms with Crippen molar-refractivity contribution in [2.75, 3.05) is 5.73 Å². The van der Waals surface area contributed by atoms with Crippen LogP contribution in [0.3, 0.4) is 0 Å². The topological polar surface area (TPSA) is 55.1 Å². The molecule has 0 spiro atoms. The number of hydrogen-bond acceptors (Lipinski definition) is 2. The van der Waals surface area contributed by atoms with Crippen molar-refractivity contribution in [3.05, 3.63) is 54.1 Å². The van der Waals surface area contributed by atoms with Gasteiger partial charge in [0, 0.05) is 22.9 Å². The van der Waals surface area contributed by atoms with E-state index in [4.69, 9.17) is 5.73 Å². The Bertz CT molecular complexity index is 618. The number of rotatable bonds is 3. The molecule has 3 N–H and O–H groups in total. The Morgan fingerprint density at radius 3 is 2.45 bits per heavy atom. The molecule has 0 bridgehead atoms. The summed E-state index contributed by atoms with van der Waals surface area (Å²) in [5.41, 5.74) is 9.18. The van der Waals surface area contributed by atoms with Gasteiger partial charge in [-0.25, -0.2) is 0 Å². The summed E-state index contributed by atoms with van der Waals surface area (Å²) in [6, 6.07) is 15.7. The Hall–Kier alpha value is -2.29. The lowest BCUT2D eigenvalue weighted by Crippen LogP contribution is -2.39. The summed E-state index contributed by atoms with van der Waals surface area (Å²) in [6.45, 7) is 0. The molecule has 1 aliphatic carbocycles. The summed E-state index contributed by atoms with van der Waals surface area (Å²) < 4.78 is 0. The summed E-state index contributed by atoms with van der Waals surface area (Å²) in [5.74, 6) is -0.0270. The summed E-state index contributed by atoms with van der Waals surface area (Å²) in [7, 11) is 0. The van der Waals surface area contributed by atoms with Crippen molar-refractivity contribution in [3.8, 4) is 11.1 Å². The molecule has 20 heavy (non-hydrogen) atoms. The minimum absolute atomic E-state index is 0.0270. The SMILES string of the molecule is Nc1cccc(C(=O)NC2CCC2)c1-c1ccccc1. The molecular weight excluding hydrogens is 248 g/mol. The molecule has 1 fully saturated rings. The zero-order chi connectivity index (χ0) is 13.9. The number of carbonyl (C=O) groups is 1. The largest absolute Gasteiger partial charge is 0.398 e. The fourth-order valence-corrected chi connectivity index (χ4v) is 2.50. The summed E-state index contributed by atoms with van der Waals surface area (Å²) in [5, 5.41) is 3.08. The molecule has 0 aromatic heterocycles. The Morgan fingerprint density at radius 2 is 1.80 bits per heavy atom. The molecule has 1 aliphatic rings. The van der Waals surface area contributed by atoms with Gasteiger partial charge in [0.25, 0.3) is 5.91 Å². The van der Waals surface area contributed by atoms with Crippen molar-refractivity contribution < 1.29 is 4.79 Å². The Labute approximate surface area is 118 Å². The van der Waals surface area contributed by atoms with Gasteiger partial charge in [-0.05, 0) is 37.0 Å². The first-order valence-corrected chi connectivity index (χ1v) is 7.00. The van der Waals surface area contributed by atoms with Crippen molar-refractivity contribution in [2.24, 2.45) is 0 Å². The van der Waals surface area contributed by atoms with Crippen LogP contribution in [0.15, 0.2) is 48.5 Å². The maximum absolute atomic E-state index is 12.4. The van der Waals surface area contributed by atoms with Gasteiger partial charge < -0.3 is 11.1 Å². The van der Waals surface area contributed by atoms with E-state index in [2.05, 4.69) is 5.32 Å². The normalized spacial score (nSPS) is 14.6. The molecular formula is C17H18N2O. The minimum atomic E-state index is -0.0270. The van der Waals surface area contributed by atoms with Crippen molar-refractivity contribution in [1.29, 1.82) is 0 Å². The van der Waals surface area contributed by atoms with Crippen LogP contribution in [0.25, 0.3) is 11.1 Å². The second-order valence-corrected chi connectivity index (χ2v) is 5.24. The fraction of sp³-hybridized carbons (Fsp3) is 0.235. The van der Waals surface area contributed by atoms with Crippen LogP contribution in [0.4, 0.5) is 5.69 Å². The van der Waals surface area contributed by atoms with E-state index in [9.17, 15) is 4.79 Å². The smallest absolute Gasteiger partial charge is 0.252 e. The first-order valence-electron chi connectivity index (χ1n) is 7.00. The molecule has 102 valence electrons. The number of carbonyl (C=O) groups excluding carboxylic acids is 1. The lowest BCUT2D eigenvalue weighted by atomic mass is 9.92. The number of nitrogens with one attached hydrogen (secondary N) is 1. The van der Waals surface area contributed by atoms with Crippen LogP contribution in [-0.2, 0) is 0 Å². The number of nitrogen functional groups attached to an aromatic ring is 1. The second-order valence-electron chi connectivity index (χ2n) is 5.24. The van der Waals surface area contributed by atoms with Crippen LogP contribution in [0.2, 0.25) is 0 Å². The van der Waals surface area contributed by atoms with E-state index in [1.807, 2.05) is 48.5 Å². The highest BCUT2D eigenvalue weighted by atomic mass is 16.1. The lowest BCUT2D eigenvalue weighted by molar-refractivity contribution is 0.0917. The number of hydrogen-bond donors (Lipinski definition) is 2. The van der Waals surface area contributed by atoms with Gasteiger partial charge in [0.1, 0.15) is 0 Å². The van der Waals surface area contributed by atoms with E-state index in [1.165, 1.54) is 6.42 Å². The molecule has 3 rings (SSSR count). The van der Waals surface area contributed by atoms with Crippen LogP contribution in [0, 0.1) is 0 Å². The Balaban J connectivity index is 1.98. The van der Waals surface area contributed by atoms with E-state index in [-0.39, 0.29) is 5.91 Å². The minimum Gasteiger partial charge on any atom is -0.398 e. The molecule has 0 heterocycles. The van der Waals surface area contributed by atoms with Gasteiger partial charge in [0.15, 0.2) is 0 Å². The highest BCUT2D eigenvalue weighted by Gasteiger charge is 2.22. The molecule has 2 aromatic carbocycles. The number of anilines is 1. The van der Waals surface area contributed by atoms with Gasteiger partial charge in [-0.15, -0.1) is 0 Å². The van der Waals surface area contributed by atoms with Crippen LogP contribution in [0.1, 0.15) is 29.6 Å². The first-order chi connectivity index (χ1) is 9.75. The predicted molar refractivity (Wildman–Crippen MR) is 81.4 cm³/mol. The van der Waals surface area contributed by atoms with Gasteiger partial charge in [0.05, 0.1) is 0 Å². The monoisotopic (exact) mass is 266 g/mol. The van der Waals surface area contributed by atoms with Crippen LogP contribution < -0.4 is 11.1 Å². The van der Waals surface area contributed by atoms with Crippen molar-refractivity contribution in [3.63, 3.8) is 0 Å². The molecule has 3 nitrogen and oxygen atoms in total. The Morgan fingerprint density at radius 1 is 1.05 bits per heavy atom. The van der Waals surface area contributed by atoms with Crippen LogP contribution in [-0.4, -0.2) is 11.9 Å².